The van der Waals surface area contributed by atoms with Crippen LogP contribution in [-0.4, -0.2) is 26.9 Å². The number of hydrogen-bond acceptors (Lipinski definition) is 5. The number of pyridine rings is 1. The molecule has 0 radical (unpaired) electrons. The molecule has 0 atom stereocenters. The Morgan fingerprint density at radius 2 is 1.96 bits per heavy atom. The molecule has 0 fully saturated rings. The number of rotatable bonds is 6. The first-order valence-corrected chi connectivity index (χ1v) is 9.49. The molecule has 3 heterocycles. The lowest BCUT2D eigenvalue weighted by Crippen LogP contribution is -2.15. The van der Waals surface area contributed by atoms with Crippen LogP contribution in [0.1, 0.15) is 12.6 Å². The van der Waals surface area contributed by atoms with E-state index in [0.717, 1.165) is 33.3 Å². The quantitative estimate of drug-likeness (QED) is 0.550. The molecule has 0 aliphatic carbocycles. The second-order valence-corrected chi connectivity index (χ2v) is 6.76. The first-order valence-electron chi connectivity index (χ1n) is 8.61. The molecule has 6 nitrogen and oxygen atoms in total. The van der Waals surface area contributed by atoms with Crippen LogP contribution >= 0.6 is 11.3 Å². The largest absolute Gasteiger partial charge is 0.494 e. The molecule has 0 saturated carbocycles. The van der Waals surface area contributed by atoms with Crippen LogP contribution < -0.4 is 10.1 Å². The highest BCUT2D eigenvalue weighted by Crippen LogP contribution is 2.25. The number of carbonyl (C=O) groups is 1. The minimum absolute atomic E-state index is 0.0720. The normalized spacial score (nSPS) is 10.9. The summed E-state index contributed by atoms with van der Waals surface area (Å²) in [6.45, 7) is 2.61. The molecule has 1 N–H and O–H groups in total. The molecule has 0 unspecified atom stereocenters. The van der Waals surface area contributed by atoms with Gasteiger partial charge in [-0.3, -0.25) is 14.2 Å². The van der Waals surface area contributed by atoms with Crippen LogP contribution in [0.25, 0.3) is 16.2 Å². The number of ether oxygens (including phenoxy) is 1. The molecule has 4 rings (SSSR count). The van der Waals surface area contributed by atoms with Crippen molar-refractivity contribution in [2.45, 2.75) is 13.3 Å². The van der Waals surface area contributed by atoms with Crippen molar-refractivity contribution in [1.82, 2.24) is 14.4 Å². The third-order valence-corrected chi connectivity index (χ3v) is 4.94. The number of fused-ring (bicyclic) bond motifs is 1. The monoisotopic (exact) mass is 378 g/mol. The van der Waals surface area contributed by atoms with Crippen molar-refractivity contribution in [3.63, 3.8) is 0 Å². The number of carbonyl (C=O) groups excluding carboxylic acids is 1. The molecule has 0 saturated heterocycles. The van der Waals surface area contributed by atoms with Crippen molar-refractivity contribution >= 4 is 27.9 Å². The second-order valence-electron chi connectivity index (χ2n) is 5.92. The van der Waals surface area contributed by atoms with E-state index < -0.39 is 0 Å². The minimum Gasteiger partial charge on any atom is -0.494 e. The highest BCUT2D eigenvalue weighted by atomic mass is 32.1. The molecule has 136 valence electrons. The van der Waals surface area contributed by atoms with Gasteiger partial charge in [-0.25, -0.2) is 4.98 Å². The van der Waals surface area contributed by atoms with E-state index in [2.05, 4.69) is 15.3 Å². The zero-order valence-electron chi connectivity index (χ0n) is 14.8. The molecule has 27 heavy (non-hydrogen) atoms. The van der Waals surface area contributed by atoms with Gasteiger partial charge in [0.2, 0.25) is 5.91 Å². The first kappa shape index (κ1) is 17.2. The van der Waals surface area contributed by atoms with E-state index in [4.69, 9.17) is 4.74 Å². The number of nitrogens with zero attached hydrogens (tertiary/aromatic N) is 3. The maximum absolute atomic E-state index is 12.3. The number of benzene rings is 1. The lowest BCUT2D eigenvalue weighted by atomic mass is 10.1. The van der Waals surface area contributed by atoms with Crippen molar-refractivity contribution in [2.75, 3.05) is 11.9 Å². The van der Waals surface area contributed by atoms with E-state index in [1.54, 1.807) is 24.5 Å². The molecular weight excluding hydrogens is 360 g/mol. The Bertz CT molecular complexity index is 1050. The van der Waals surface area contributed by atoms with Gasteiger partial charge >= 0.3 is 0 Å². The first-order chi connectivity index (χ1) is 13.2. The average molecular weight is 378 g/mol. The summed E-state index contributed by atoms with van der Waals surface area (Å²) >= 11 is 1.53. The summed E-state index contributed by atoms with van der Waals surface area (Å²) in [5, 5.41) is 4.85. The fourth-order valence-corrected chi connectivity index (χ4v) is 3.66. The average Bonchev–Trinajstić information content (AvgIpc) is 3.25. The van der Waals surface area contributed by atoms with Crippen molar-refractivity contribution in [2.24, 2.45) is 0 Å². The summed E-state index contributed by atoms with van der Waals surface area (Å²) in [5.74, 6) is 0.771. The standard InChI is InChI=1S/C20H18N4O2S/c1-2-26-17-5-3-14(4-6-17)18-12-24-16(13-27-20(24)23-18)11-19(25)22-15-7-9-21-10-8-15/h3-10,12-13H,2,11H2,1H3,(H,21,22,25). The summed E-state index contributed by atoms with van der Waals surface area (Å²) < 4.78 is 7.46. The van der Waals surface area contributed by atoms with E-state index in [1.807, 2.05) is 47.2 Å². The maximum Gasteiger partial charge on any atom is 0.230 e. The summed E-state index contributed by atoms with van der Waals surface area (Å²) in [4.78, 5) is 21.8. The molecule has 7 heteroatoms. The summed E-state index contributed by atoms with van der Waals surface area (Å²) in [6, 6.07) is 11.4. The Morgan fingerprint density at radius 1 is 1.19 bits per heavy atom. The number of hydrogen-bond donors (Lipinski definition) is 1. The predicted molar refractivity (Wildman–Crippen MR) is 106 cm³/mol. The van der Waals surface area contributed by atoms with E-state index in [9.17, 15) is 4.79 Å². The van der Waals surface area contributed by atoms with E-state index in [1.165, 1.54) is 11.3 Å². The van der Waals surface area contributed by atoms with E-state index in [0.29, 0.717) is 6.61 Å². The van der Waals surface area contributed by atoms with E-state index >= 15 is 0 Å². The zero-order chi connectivity index (χ0) is 18.6. The summed E-state index contributed by atoms with van der Waals surface area (Å²) in [5.41, 5.74) is 3.54. The topological polar surface area (TPSA) is 68.5 Å². The van der Waals surface area contributed by atoms with Crippen molar-refractivity contribution in [3.8, 4) is 17.0 Å². The van der Waals surface area contributed by atoms with Gasteiger partial charge in [0.25, 0.3) is 0 Å². The minimum atomic E-state index is -0.0720. The van der Waals surface area contributed by atoms with Crippen LogP contribution in [0.3, 0.4) is 0 Å². The molecule has 4 aromatic rings. The van der Waals surface area contributed by atoms with Crippen LogP contribution in [0.5, 0.6) is 5.75 Å². The predicted octanol–water partition coefficient (Wildman–Crippen LogP) is 4.04. The highest BCUT2D eigenvalue weighted by Gasteiger charge is 2.13. The van der Waals surface area contributed by atoms with Crippen molar-refractivity contribution in [3.05, 3.63) is 66.1 Å². The van der Waals surface area contributed by atoms with Gasteiger partial charge < -0.3 is 10.1 Å². The van der Waals surface area contributed by atoms with Gasteiger partial charge in [-0.1, -0.05) is 0 Å². The van der Waals surface area contributed by atoms with Crippen LogP contribution in [0.4, 0.5) is 5.69 Å². The van der Waals surface area contributed by atoms with Crippen molar-refractivity contribution < 1.29 is 9.53 Å². The fourth-order valence-electron chi connectivity index (χ4n) is 2.79. The Labute approximate surface area is 160 Å². The summed E-state index contributed by atoms with van der Waals surface area (Å²) in [7, 11) is 0. The third-order valence-electron chi connectivity index (χ3n) is 4.05. The Morgan fingerprint density at radius 3 is 2.70 bits per heavy atom. The molecule has 3 aromatic heterocycles. The highest BCUT2D eigenvalue weighted by molar-refractivity contribution is 7.15. The molecule has 0 bridgehead atoms. The Balaban J connectivity index is 1.52. The zero-order valence-corrected chi connectivity index (χ0v) is 15.6. The van der Waals surface area contributed by atoms with Crippen LogP contribution in [0, 0.1) is 0 Å². The Hall–Kier alpha value is -3.19. The van der Waals surface area contributed by atoms with Gasteiger partial charge in [0.15, 0.2) is 4.96 Å². The summed E-state index contributed by atoms with van der Waals surface area (Å²) in [6.07, 6.45) is 5.55. The van der Waals surface area contributed by atoms with Crippen LogP contribution in [0.2, 0.25) is 0 Å². The molecular formula is C20H18N4O2S. The number of aromatic nitrogens is 3. The Kier molecular flexibility index (Phi) is 4.84. The van der Waals surface area contributed by atoms with Gasteiger partial charge in [0, 0.05) is 40.9 Å². The number of nitrogens with one attached hydrogen (secondary N) is 1. The number of thiazole rings is 1. The van der Waals surface area contributed by atoms with Gasteiger partial charge in [-0.2, -0.15) is 0 Å². The fraction of sp³-hybridized carbons (Fsp3) is 0.150. The van der Waals surface area contributed by atoms with Gasteiger partial charge in [-0.05, 0) is 43.3 Å². The molecule has 0 spiro atoms. The lowest BCUT2D eigenvalue weighted by molar-refractivity contribution is -0.115. The SMILES string of the molecule is CCOc1ccc(-c2cn3c(CC(=O)Nc4ccncc4)csc3n2)cc1. The van der Waals surface area contributed by atoms with Crippen LogP contribution in [-0.2, 0) is 11.2 Å². The van der Waals surface area contributed by atoms with Gasteiger partial charge in [0.1, 0.15) is 5.75 Å². The molecule has 0 aliphatic heterocycles. The molecule has 1 amide bonds. The van der Waals surface area contributed by atoms with Crippen molar-refractivity contribution in [1.29, 1.82) is 0 Å². The molecule has 0 aliphatic rings. The van der Waals surface area contributed by atoms with Crippen LogP contribution in [0.15, 0.2) is 60.4 Å². The second kappa shape index (κ2) is 7.59. The van der Waals surface area contributed by atoms with Gasteiger partial charge in [0.05, 0.1) is 18.7 Å². The number of anilines is 1. The lowest BCUT2D eigenvalue weighted by Gasteiger charge is -2.04. The van der Waals surface area contributed by atoms with Gasteiger partial charge in [-0.15, -0.1) is 11.3 Å². The maximum atomic E-state index is 12.3. The number of amides is 1. The molecule has 1 aromatic carbocycles. The smallest absolute Gasteiger partial charge is 0.230 e. The third kappa shape index (κ3) is 3.83. The van der Waals surface area contributed by atoms with E-state index in [-0.39, 0.29) is 12.3 Å². The number of imidazole rings is 1.